The summed E-state index contributed by atoms with van der Waals surface area (Å²) in [6, 6.07) is 16.7. The minimum absolute atomic E-state index is 0.0884. The fourth-order valence-electron chi connectivity index (χ4n) is 6.14. The van der Waals surface area contributed by atoms with Gasteiger partial charge in [-0.1, -0.05) is 50.2 Å². The molecule has 192 valence electrons. The Kier molecular flexibility index (Phi) is 5.91. The van der Waals surface area contributed by atoms with Gasteiger partial charge in [-0.2, -0.15) is 0 Å². The first-order chi connectivity index (χ1) is 17.6. The normalized spacial score (nSPS) is 25.2. The maximum absolute atomic E-state index is 13.9. The molecule has 1 aromatic heterocycles. The van der Waals surface area contributed by atoms with Crippen LogP contribution >= 0.6 is 0 Å². The lowest BCUT2D eigenvalue weighted by Gasteiger charge is -2.32. The molecule has 2 aliphatic heterocycles. The Balaban J connectivity index is 1.72. The molecule has 2 fully saturated rings. The van der Waals surface area contributed by atoms with E-state index in [1.807, 2.05) is 32.0 Å². The molecule has 0 saturated carbocycles. The maximum atomic E-state index is 13.9. The van der Waals surface area contributed by atoms with E-state index >= 15 is 0 Å². The van der Waals surface area contributed by atoms with Gasteiger partial charge >= 0.3 is 5.97 Å². The lowest BCUT2D eigenvalue weighted by Crippen LogP contribution is -2.56. The average Bonchev–Trinajstić information content (AvgIpc) is 3.41. The molecule has 2 saturated heterocycles. The molecule has 2 N–H and O–H groups in total. The molecule has 0 spiro atoms. The summed E-state index contributed by atoms with van der Waals surface area (Å²) in [6.45, 7) is 5.52. The quantitative estimate of drug-likeness (QED) is 0.501. The van der Waals surface area contributed by atoms with Crippen molar-refractivity contribution in [3.63, 3.8) is 0 Å². The number of hydrogen-bond donors (Lipinski definition) is 2. The van der Waals surface area contributed by atoms with Crippen molar-refractivity contribution < 1.29 is 19.5 Å². The van der Waals surface area contributed by atoms with Crippen molar-refractivity contribution in [2.45, 2.75) is 38.8 Å². The van der Waals surface area contributed by atoms with Crippen LogP contribution in [0.4, 0.5) is 5.69 Å². The molecule has 37 heavy (non-hydrogen) atoms. The molecule has 0 bridgehead atoms. The number of nitrogens with zero attached hydrogens (tertiary/aromatic N) is 3. The number of carbonyl (C=O) groups excluding carboxylic acids is 2. The van der Waals surface area contributed by atoms with E-state index in [0.717, 1.165) is 4.90 Å². The summed E-state index contributed by atoms with van der Waals surface area (Å²) >= 11 is 0. The van der Waals surface area contributed by atoms with Crippen molar-refractivity contribution in [1.29, 1.82) is 0 Å². The second-order valence-electron chi connectivity index (χ2n) is 10.3. The number of imide groups is 1. The van der Waals surface area contributed by atoms with E-state index in [1.165, 1.54) is 4.68 Å². The van der Waals surface area contributed by atoms with Gasteiger partial charge in [0, 0.05) is 12.7 Å². The third kappa shape index (κ3) is 3.56. The second-order valence-corrected chi connectivity index (χ2v) is 10.3. The van der Waals surface area contributed by atoms with Crippen LogP contribution in [0.25, 0.3) is 5.69 Å². The Morgan fingerprint density at radius 1 is 0.973 bits per heavy atom. The topological polar surface area (TPSA) is 114 Å². The molecule has 2 aliphatic rings. The highest BCUT2D eigenvalue weighted by Crippen LogP contribution is 2.51. The van der Waals surface area contributed by atoms with Gasteiger partial charge in [-0.25, -0.2) is 9.58 Å². The summed E-state index contributed by atoms with van der Waals surface area (Å²) in [5, 5.41) is 13.7. The highest BCUT2D eigenvalue weighted by Gasteiger charge is 2.69. The first-order valence-electron chi connectivity index (χ1n) is 12.4. The van der Waals surface area contributed by atoms with Crippen LogP contribution in [0.15, 0.2) is 65.5 Å². The van der Waals surface area contributed by atoms with Crippen molar-refractivity contribution in [2.24, 2.45) is 24.8 Å². The maximum Gasteiger partial charge on any atom is 0.324 e. The van der Waals surface area contributed by atoms with Gasteiger partial charge in [-0.15, -0.1) is 0 Å². The summed E-state index contributed by atoms with van der Waals surface area (Å²) in [6.07, 6.45) is 0.125. The van der Waals surface area contributed by atoms with Crippen molar-refractivity contribution in [3.8, 4) is 5.69 Å². The third-order valence-corrected chi connectivity index (χ3v) is 7.69. The van der Waals surface area contributed by atoms with Gasteiger partial charge in [0.15, 0.2) is 0 Å². The summed E-state index contributed by atoms with van der Waals surface area (Å²) < 4.78 is 3.20. The van der Waals surface area contributed by atoms with Gasteiger partial charge in [-0.3, -0.25) is 29.2 Å². The Hall–Kier alpha value is -3.98. The molecule has 9 heteroatoms. The standard InChI is InChI=1S/C28H30N4O5/c1-16(2)15-28(27(36)37)22-21(24(33)31(26(22)35)18-11-7-5-8-12-18)23(29-28)20-17(3)30(4)32(25(20)34)19-13-9-6-10-14-19/h5-14,16,21-23,29H,15H2,1-4H3,(H,36,37). The lowest BCUT2D eigenvalue weighted by atomic mass is 9.75. The molecule has 2 amide bonds. The zero-order valence-electron chi connectivity index (χ0n) is 21.2. The number of amides is 2. The SMILES string of the molecule is Cc1c(C2NC(CC(C)C)(C(=O)O)C3C(=O)N(c4ccccc4)C(=O)C23)c(=O)n(-c2ccccc2)n1C. The monoisotopic (exact) mass is 502 g/mol. The molecule has 9 nitrogen and oxygen atoms in total. The predicted molar refractivity (Wildman–Crippen MR) is 137 cm³/mol. The summed E-state index contributed by atoms with van der Waals surface area (Å²) in [5.41, 5.74) is -0.136. The largest absolute Gasteiger partial charge is 0.480 e. The molecule has 0 aliphatic carbocycles. The number of carboxylic acids is 1. The third-order valence-electron chi connectivity index (χ3n) is 7.69. The smallest absolute Gasteiger partial charge is 0.324 e. The molecule has 3 heterocycles. The number of carbonyl (C=O) groups is 3. The molecule has 0 radical (unpaired) electrons. The number of aliphatic carboxylic acids is 1. The second kappa shape index (κ2) is 8.85. The number of benzene rings is 2. The highest BCUT2D eigenvalue weighted by atomic mass is 16.4. The lowest BCUT2D eigenvalue weighted by molar-refractivity contribution is -0.149. The van der Waals surface area contributed by atoms with Gasteiger partial charge in [0.05, 0.1) is 34.8 Å². The van der Waals surface area contributed by atoms with Crippen molar-refractivity contribution in [1.82, 2.24) is 14.7 Å². The number of fused-ring (bicyclic) bond motifs is 1. The van der Waals surface area contributed by atoms with E-state index in [0.29, 0.717) is 22.6 Å². The van der Waals surface area contributed by atoms with Crippen LogP contribution in [0.2, 0.25) is 0 Å². The molecular formula is C28H30N4O5. The van der Waals surface area contributed by atoms with Crippen LogP contribution in [0.5, 0.6) is 0 Å². The van der Waals surface area contributed by atoms with E-state index in [-0.39, 0.29) is 17.9 Å². The summed E-state index contributed by atoms with van der Waals surface area (Å²) in [5.74, 6) is -4.55. The first-order valence-corrected chi connectivity index (χ1v) is 12.4. The summed E-state index contributed by atoms with van der Waals surface area (Å²) in [4.78, 5) is 55.6. The number of carboxylic acid groups (broad SMARTS) is 1. The molecule has 4 unspecified atom stereocenters. The van der Waals surface area contributed by atoms with Crippen molar-refractivity contribution in [3.05, 3.63) is 82.3 Å². The number of rotatable bonds is 6. The predicted octanol–water partition coefficient (Wildman–Crippen LogP) is 2.80. The fourth-order valence-corrected chi connectivity index (χ4v) is 6.14. The van der Waals surface area contributed by atoms with E-state index in [1.54, 1.807) is 61.1 Å². The van der Waals surface area contributed by atoms with Gasteiger partial charge in [0.1, 0.15) is 5.54 Å². The number of para-hydroxylation sites is 2. The van der Waals surface area contributed by atoms with E-state index in [9.17, 15) is 24.3 Å². The van der Waals surface area contributed by atoms with Gasteiger partial charge in [0.2, 0.25) is 11.8 Å². The minimum atomic E-state index is -1.70. The average molecular weight is 503 g/mol. The highest BCUT2D eigenvalue weighted by molar-refractivity contribution is 6.24. The zero-order chi connectivity index (χ0) is 26.6. The molecule has 2 aromatic carbocycles. The zero-order valence-corrected chi connectivity index (χ0v) is 21.2. The van der Waals surface area contributed by atoms with Crippen LogP contribution in [-0.2, 0) is 21.4 Å². The van der Waals surface area contributed by atoms with Gasteiger partial charge in [0.25, 0.3) is 5.56 Å². The molecule has 3 aromatic rings. The Bertz CT molecular complexity index is 1440. The molecule has 5 rings (SSSR count). The van der Waals surface area contributed by atoms with Crippen LogP contribution < -0.4 is 15.8 Å². The van der Waals surface area contributed by atoms with E-state index < -0.39 is 41.2 Å². The van der Waals surface area contributed by atoms with E-state index in [4.69, 9.17) is 0 Å². The van der Waals surface area contributed by atoms with Crippen LogP contribution in [0.1, 0.15) is 37.6 Å². The Morgan fingerprint density at radius 3 is 2.08 bits per heavy atom. The molecule has 4 atom stereocenters. The number of hydrogen-bond acceptors (Lipinski definition) is 5. The first kappa shape index (κ1) is 24.7. The minimum Gasteiger partial charge on any atom is -0.480 e. The van der Waals surface area contributed by atoms with Gasteiger partial charge in [-0.05, 0) is 43.5 Å². The number of aromatic nitrogens is 2. The van der Waals surface area contributed by atoms with Gasteiger partial charge < -0.3 is 5.11 Å². The molecular weight excluding hydrogens is 472 g/mol. The van der Waals surface area contributed by atoms with Crippen molar-refractivity contribution in [2.75, 3.05) is 4.90 Å². The van der Waals surface area contributed by atoms with Crippen molar-refractivity contribution >= 4 is 23.5 Å². The number of anilines is 1. The van der Waals surface area contributed by atoms with Crippen LogP contribution in [0.3, 0.4) is 0 Å². The van der Waals surface area contributed by atoms with Crippen LogP contribution in [-0.4, -0.2) is 37.8 Å². The number of nitrogens with one attached hydrogen (secondary N) is 1. The fraction of sp³-hybridized carbons (Fsp3) is 0.357. The summed E-state index contributed by atoms with van der Waals surface area (Å²) in [7, 11) is 1.75. The Labute approximate surface area is 214 Å². The van der Waals surface area contributed by atoms with E-state index in [2.05, 4.69) is 5.32 Å². The van der Waals surface area contributed by atoms with Crippen LogP contribution in [0, 0.1) is 24.7 Å². The Morgan fingerprint density at radius 2 is 1.54 bits per heavy atom.